The smallest absolute Gasteiger partial charge is 0.337 e. The van der Waals surface area contributed by atoms with Crippen molar-refractivity contribution in [2.24, 2.45) is 5.92 Å². The summed E-state index contributed by atoms with van der Waals surface area (Å²) in [5.74, 6) is -1.08. The van der Waals surface area contributed by atoms with E-state index in [-0.39, 0.29) is 42.3 Å². The molecule has 6 nitrogen and oxygen atoms in total. The van der Waals surface area contributed by atoms with Crippen LogP contribution in [-0.4, -0.2) is 71.2 Å². The Morgan fingerprint density at radius 3 is 2.48 bits per heavy atom. The Labute approximate surface area is 191 Å². The number of hydrogen-bond acceptors (Lipinski definition) is 4. The molecule has 0 bridgehead atoms. The molecule has 1 aliphatic carbocycles. The molecule has 33 heavy (non-hydrogen) atoms. The molecule has 0 aromatic heterocycles. The maximum absolute atomic E-state index is 13.6. The van der Waals surface area contributed by atoms with E-state index in [4.69, 9.17) is 0 Å². The van der Waals surface area contributed by atoms with E-state index in [1.807, 2.05) is 20.9 Å². The Morgan fingerprint density at radius 1 is 1.18 bits per heavy atom. The second-order valence-electron chi connectivity index (χ2n) is 9.98. The van der Waals surface area contributed by atoms with Crippen molar-refractivity contribution in [3.63, 3.8) is 0 Å². The summed E-state index contributed by atoms with van der Waals surface area (Å²) in [5.41, 5.74) is -2.41. The van der Waals surface area contributed by atoms with Crippen molar-refractivity contribution in [1.82, 2.24) is 14.7 Å². The van der Waals surface area contributed by atoms with Gasteiger partial charge in [-0.1, -0.05) is 32.0 Å². The van der Waals surface area contributed by atoms with Crippen LogP contribution in [0.25, 0.3) is 0 Å². The minimum Gasteiger partial charge on any atom is -0.337 e. The van der Waals surface area contributed by atoms with Crippen molar-refractivity contribution >= 4 is 17.7 Å². The minimum atomic E-state index is -4.59. The van der Waals surface area contributed by atoms with Crippen molar-refractivity contribution in [2.45, 2.75) is 63.2 Å². The molecule has 2 atom stereocenters. The first kappa shape index (κ1) is 23.7. The van der Waals surface area contributed by atoms with Gasteiger partial charge in [0, 0.05) is 44.6 Å². The van der Waals surface area contributed by atoms with Crippen molar-refractivity contribution < 1.29 is 27.6 Å². The molecular formula is C24H30F3N3O3. The lowest BCUT2D eigenvalue weighted by atomic mass is 9.75. The SMILES string of the molecule is CC(C)[C@H]1CN(C)CCN1C(=O)CC1(c2cccc(C(F)(F)F)c2)CC(=O)N(C2CC2)C1=O. The molecule has 3 fully saturated rings. The summed E-state index contributed by atoms with van der Waals surface area (Å²) >= 11 is 0. The van der Waals surface area contributed by atoms with E-state index in [0.717, 1.165) is 12.1 Å². The van der Waals surface area contributed by atoms with Crippen LogP contribution in [0.5, 0.6) is 0 Å². The molecule has 4 rings (SSSR count). The average Bonchev–Trinajstić information content (AvgIpc) is 3.53. The lowest BCUT2D eigenvalue weighted by Gasteiger charge is -2.43. The molecule has 3 aliphatic rings. The van der Waals surface area contributed by atoms with E-state index in [2.05, 4.69) is 4.90 Å². The summed E-state index contributed by atoms with van der Waals surface area (Å²) in [5, 5.41) is 0. The maximum atomic E-state index is 13.6. The van der Waals surface area contributed by atoms with E-state index in [0.29, 0.717) is 32.5 Å². The first-order valence-electron chi connectivity index (χ1n) is 11.5. The van der Waals surface area contributed by atoms with Crippen LogP contribution in [0.3, 0.4) is 0 Å². The zero-order valence-electron chi connectivity index (χ0n) is 19.2. The van der Waals surface area contributed by atoms with Crippen LogP contribution < -0.4 is 0 Å². The highest BCUT2D eigenvalue weighted by Crippen LogP contribution is 2.45. The largest absolute Gasteiger partial charge is 0.416 e. The molecule has 0 N–H and O–H groups in total. The van der Waals surface area contributed by atoms with E-state index < -0.39 is 29.0 Å². The van der Waals surface area contributed by atoms with E-state index >= 15 is 0 Å². The van der Waals surface area contributed by atoms with Crippen molar-refractivity contribution in [3.8, 4) is 0 Å². The molecule has 0 spiro atoms. The third kappa shape index (κ3) is 4.39. The molecule has 2 aliphatic heterocycles. The normalized spacial score (nSPS) is 27.1. The van der Waals surface area contributed by atoms with Gasteiger partial charge in [-0.05, 0) is 37.4 Å². The van der Waals surface area contributed by atoms with Gasteiger partial charge in [0.25, 0.3) is 0 Å². The molecule has 3 amide bonds. The maximum Gasteiger partial charge on any atom is 0.416 e. The molecule has 2 saturated heterocycles. The summed E-state index contributed by atoms with van der Waals surface area (Å²) < 4.78 is 40.4. The lowest BCUT2D eigenvalue weighted by Crippen LogP contribution is -2.57. The number of imide groups is 1. The standard InChI is InChI=1S/C24H30F3N3O3/c1-15(2)19-14-28(3)9-10-29(19)20(31)12-23(13-21(32)30(22(23)33)18-7-8-18)16-5-4-6-17(11-16)24(25,26)27/h4-6,11,15,18-19H,7-10,12-14H2,1-3H3/t19-,23?/m1/s1. The topological polar surface area (TPSA) is 60.9 Å². The lowest BCUT2D eigenvalue weighted by molar-refractivity contribution is -0.145. The second kappa shape index (κ2) is 8.42. The number of rotatable bonds is 5. The highest BCUT2D eigenvalue weighted by atomic mass is 19.4. The van der Waals surface area contributed by atoms with Crippen LogP contribution in [0.1, 0.15) is 50.7 Å². The van der Waals surface area contributed by atoms with Gasteiger partial charge in [0.1, 0.15) is 0 Å². The number of likely N-dealkylation sites (tertiary alicyclic amines) is 1. The predicted octanol–water partition coefficient (Wildman–Crippen LogP) is 3.05. The summed E-state index contributed by atoms with van der Waals surface area (Å²) in [6.45, 7) is 5.87. The molecule has 9 heteroatoms. The summed E-state index contributed by atoms with van der Waals surface area (Å²) in [4.78, 5) is 45.1. The molecule has 0 radical (unpaired) electrons. The van der Waals surface area contributed by atoms with Crippen LogP contribution in [0.15, 0.2) is 24.3 Å². The van der Waals surface area contributed by atoms with Crippen molar-refractivity contribution in [2.75, 3.05) is 26.7 Å². The molecular weight excluding hydrogens is 435 g/mol. The number of alkyl halides is 3. The number of carbonyl (C=O) groups is 3. The average molecular weight is 466 g/mol. The third-order valence-electron chi connectivity index (χ3n) is 7.17. The van der Waals surface area contributed by atoms with Gasteiger partial charge in [-0.25, -0.2) is 0 Å². The Kier molecular flexibility index (Phi) is 6.05. The Bertz CT molecular complexity index is 960. The van der Waals surface area contributed by atoms with Crippen LogP contribution in [0, 0.1) is 5.92 Å². The summed E-state index contributed by atoms with van der Waals surface area (Å²) in [6.07, 6.45) is -3.80. The molecule has 1 unspecified atom stereocenters. The molecule has 1 aromatic rings. The fourth-order valence-corrected chi connectivity index (χ4v) is 5.12. The number of likely N-dealkylation sites (N-methyl/N-ethyl adjacent to an activating group) is 1. The van der Waals surface area contributed by atoms with Gasteiger partial charge in [0.05, 0.1) is 11.0 Å². The number of carbonyl (C=O) groups excluding carboxylic acids is 3. The molecule has 2 heterocycles. The highest BCUT2D eigenvalue weighted by Gasteiger charge is 2.57. The van der Waals surface area contributed by atoms with Crippen molar-refractivity contribution in [3.05, 3.63) is 35.4 Å². The van der Waals surface area contributed by atoms with Gasteiger partial charge in [-0.15, -0.1) is 0 Å². The second-order valence-corrected chi connectivity index (χ2v) is 9.98. The zero-order valence-corrected chi connectivity index (χ0v) is 19.2. The Morgan fingerprint density at radius 2 is 1.88 bits per heavy atom. The number of amides is 3. The van der Waals surface area contributed by atoms with Gasteiger partial charge in [-0.2, -0.15) is 13.2 Å². The summed E-state index contributed by atoms with van der Waals surface area (Å²) in [6, 6.07) is 4.27. The first-order valence-corrected chi connectivity index (χ1v) is 11.5. The zero-order chi connectivity index (χ0) is 24.1. The number of piperazine rings is 1. The monoisotopic (exact) mass is 465 g/mol. The fraction of sp³-hybridized carbons (Fsp3) is 0.625. The van der Waals surface area contributed by atoms with E-state index in [1.54, 1.807) is 4.90 Å². The highest BCUT2D eigenvalue weighted by molar-refractivity contribution is 6.11. The number of hydrogen-bond donors (Lipinski definition) is 0. The van der Waals surface area contributed by atoms with Gasteiger partial charge in [0.2, 0.25) is 17.7 Å². The molecule has 1 saturated carbocycles. The number of nitrogens with zero attached hydrogens (tertiary/aromatic N) is 3. The van der Waals surface area contributed by atoms with Crippen LogP contribution in [0.2, 0.25) is 0 Å². The molecule has 1 aromatic carbocycles. The number of halogens is 3. The summed E-state index contributed by atoms with van der Waals surface area (Å²) in [7, 11) is 1.98. The van der Waals surface area contributed by atoms with Gasteiger partial charge >= 0.3 is 6.18 Å². The van der Waals surface area contributed by atoms with Crippen LogP contribution >= 0.6 is 0 Å². The Balaban J connectivity index is 1.72. The van der Waals surface area contributed by atoms with Gasteiger partial charge in [0.15, 0.2) is 0 Å². The predicted molar refractivity (Wildman–Crippen MR) is 115 cm³/mol. The van der Waals surface area contributed by atoms with Crippen LogP contribution in [0.4, 0.5) is 13.2 Å². The van der Waals surface area contributed by atoms with Crippen LogP contribution in [-0.2, 0) is 26.0 Å². The van der Waals surface area contributed by atoms with Gasteiger partial charge in [-0.3, -0.25) is 19.3 Å². The minimum absolute atomic E-state index is 0.0680. The fourth-order valence-electron chi connectivity index (χ4n) is 5.12. The van der Waals surface area contributed by atoms with E-state index in [9.17, 15) is 27.6 Å². The van der Waals surface area contributed by atoms with Crippen molar-refractivity contribution in [1.29, 1.82) is 0 Å². The van der Waals surface area contributed by atoms with Gasteiger partial charge < -0.3 is 9.80 Å². The molecule has 180 valence electrons. The quantitative estimate of drug-likeness (QED) is 0.628. The third-order valence-corrected chi connectivity index (χ3v) is 7.17. The first-order chi connectivity index (χ1) is 15.4. The van der Waals surface area contributed by atoms with E-state index in [1.165, 1.54) is 17.0 Å². The Hall–Kier alpha value is -2.42. The number of benzene rings is 1.